The lowest BCUT2D eigenvalue weighted by Gasteiger charge is -2.07. The Kier molecular flexibility index (Phi) is 10.5. The average molecular weight is 290 g/mol. The van der Waals surface area contributed by atoms with Crippen LogP contribution >= 0.6 is 0 Å². The van der Waals surface area contributed by atoms with Crippen molar-refractivity contribution in [3.05, 3.63) is 29.8 Å². The number of carbonyl (C=O) groups is 1. The second-order valence-electron chi connectivity index (χ2n) is 5.75. The van der Waals surface area contributed by atoms with E-state index in [2.05, 4.69) is 6.92 Å². The Bertz CT molecular complexity index is 374. The molecule has 0 amide bonds. The smallest absolute Gasteiger partial charge is 0.298 e. The predicted octanol–water partition coefficient (Wildman–Crippen LogP) is 5.69. The van der Waals surface area contributed by atoms with Gasteiger partial charge in [0, 0.05) is 0 Å². The fraction of sp³-hybridized carbons (Fsp3) is 0.632. The lowest BCUT2D eigenvalue weighted by Crippen LogP contribution is -1.95. The Morgan fingerprint density at radius 1 is 0.857 bits per heavy atom. The summed E-state index contributed by atoms with van der Waals surface area (Å²) in [5.74, 6) is 0.712. The van der Waals surface area contributed by atoms with E-state index in [-0.39, 0.29) is 0 Å². The first-order chi connectivity index (χ1) is 10.4. The highest BCUT2D eigenvalue weighted by atomic mass is 16.5. The molecule has 0 unspecified atom stereocenters. The third-order valence-electron chi connectivity index (χ3n) is 3.95. The molecule has 1 rings (SSSR count). The number of hydrogen-bond donors (Lipinski definition) is 0. The molecule has 0 spiro atoms. The summed E-state index contributed by atoms with van der Waals surface area (Å²) in [4.78, 5) is 10.4. The van der Waals surface area contributed by atoms with E-state index in [4.69, 9.17) is 4.74 Å². The van der Waals surface area contributed by atoms with Crippen LogP contribution in [0.25, 0.3) is 0 Å². The van der Waals surface area contributed by atoms with E-state index in [1.807, 2.05) is 24.3 Å². The zero-order chi connectivity index (χ0) is 15.2. The Morgan fingerprint density at radius 2 is 1.43 bits per heavy atom. The molecule has 21 heavy (non-hydrogen) atoms. The van der Waals surface area contributed by atoms with Gasteiger partial charge in [0.15, 0.2) is 0 Å². The lowest BCUT2D eigenvalue weighted by molar-refractivity contribution is -0.120. The molecule has 0 atom stereocenters. The molecule has 2 nitrogen and oxygen atoms in total. The normalized spacial score (nSPS) is 10.5. The maximum absolute atomic E-state index is 10.4. The van der Waals surface area contributed by atoms with Gasteiger partial charge in [-0.25, -0.2) is 0 Å². The van der Waals surface area contributed by atoms with Crippen molar-refractivity contribution < 1.29 is 9.53 Å². The molecule has 0 fully saturated rings. The van der Waals surface area contributed by atoms with Crippen molar-refractivity contribution in [1.29, 1.82) is 0 Å². The summed E-state index contributed by atoms with van der Waals surface area (Å²) in [6, 6.07) is 7.82. The summed E-state index contributed by atoms with van der Waals surface area (Å²) in [6.07, 6.45) is 14.4. The first kappa shape index (κ1) is 17.7. The summed E-state index contributed by atoms with van der Waals surface area (Å²) < 4.78 is 5.00. The van der Waals surface area contributed by atoms with Crippen molar-refractivity contribution in [2.24, 2.45) is 0 Å². The summed E-state index contributed by atoms with van der Waals surface area (Å²) in [7, 11) is 0. The SMILES string of the molecule is CCCCCCCCCCCCc1ccccc1OC=O. The van der Waals surface area contributed by atoms with Gasteiger partial charge < -0.3 is 4.74 Å². The number of benzene rings is 1. The van der Waals surface area contributed by atoms with E-state index in [9.17, 15) is 4.79 Å². The van der Waals surface area contributed by atoms with Crippen LogP contribution in [0.5, 0.6) is 5.75 Å². The minimum Gasteiger partial charge on any atom is -0.428 e. The highest BCUT2D eigenvalue weighted by Crippen LogP contribution is 2.20. The maximum atomic E-state index is 10.4. The predicted molar refractivity (Wildman–Crippen MR) is 88.7 cm³/mol. The highest BCUT2D eigenvalue weighted by molar-refractivity contribution is 5.47. The summed E-state index contributed by atoms with van der Waals surface area (Å²) in [5, 5.41) is 0. The van der Waals surface area contributed by atoms with E-state index in [0.717, 1.165) is 12.0 Å². The number of rotatable bonds is 13. The molecule has 0 bridgehead atoms. The number of para-hydroxylation sites is 1. The van der Waals surface area contributed by atoms with Gasteiger partial charge in [0.1, 0.15) is 5.75 Å². The van der Waals surface area contributed by atoms with Gasteiger partial charge in [-0.1, -0.05) is 82.9 Å². The van der Waals surface area contributed by atoms with Crippen LogP contribution in [0.3, 0.4) is 0 Å². The van der Waals surface area contributed by atoms with Crippen molar-refractivity contribution in [3.8, 4) is 5.75 Å². The van der Waals surface area contributed by atoms with Gasteiger partial charge in [-0.2, -0.15) is 0 Å². The van der Waals surface area contributed by atoms with Gasteiger partial charge in [-0.3, -0.25) is 4.79 Å². The Balaban J connectivity index is 2.03. The first-order valence-corrected chi connectivity index (χ1v) is 8.56. The molecule has 0 heterocycles. The van der Waals surface area contributed by atoms with Crippen LogP contribution in [0.2, 0.25) is 0 Å². The van der Waals surface area contributed by atoms with Crippen LogP contribution in [0.1, 0.15) is 76.7 Å². The molecule has 0 aliphatic carbocycles. The molecule has 0 radical (unpaired) electrons. The van der Waals surface area contributed by atoms with Crippen molar-refractivity contribution in [1.82, 2.24) is 0 Å². The van der Waals surface area contributed by atoms with Crippen LogP contribution in [-0.2, 0) is 11.2 Å². The van der Waals surface area contributed by atoms with Crippen LogP contribution in [0, 0.1) is 0 Å². The summed E-state index contributed by atoms with van der Waals surface area (Å²) >= 11 is 0. The van der Waals surface area contributed by atoms with Gasteiger partial charge in [0.05, 0.1) is 0 Å². The summed E-state index contributed by atoms with van der Waals surface area (Å²) in [5.41, 5.74) is 1.14. The molecular weight excluding hydrogens is 260 g/mol. The Labute approximate surface area is 129 Å². The van der Waals surface area contributed by atoms with Gasteiger partial charge in [0.2, 0.25) is 0 Å². The van der Waals surface area contributed by atoms with Gasteiger partial charge >= 0.3 is 0 Å². The van der Waals surface area contributed by atoms with E-state index in [0.29, 0.717) is 12.2 Å². The molecule has 118 valence electrons. The number of carbonyl (C=O) groups excluding carboxylic acids is 1. The average Bonchev–Trinajstić information content (AvgIpc) is 2.51. The topological polar surface area (TPSA) is 26.3 Å². The van der Waals surface area contributed by atoms with Crippen LogP contribution in [0.15, 0.2) is 24.3 Å². The lowest BCUT2D eigenvalue weighted by atomic mass is 10.0. The van der Waals surface area contributed by atoms with Crippen LogP contribution < -0.4 is 4.74 Å². The quantitative estimate of drug-likeness (QED) is 0.345. The van der Waals surface area contributed by atoms with E-state index < -0.39 is 0 Å². The molecule has 0 aliphatic heterocycles. The van der Waals surface area contributed by atoms with Gasteiger partial charge in [0.25, 0.3) is 6.47 Å². The molecular formula is C19H30O2. The first-order valence-electron chi connectivity index (χ1n) is 8.56. The van der Waals surface area contributed by atoms with Gasteiger partial charge in [-0.05, 0) is 24.5 Å². The molecule has 0 saturated carbocycles. The minimum atomic E-state index is 0.511. The van der Waals surface area contributed by atoms with Crippen molar-refractivity contribution >= 4 is 6.47 Å². The maximum Gasteiger partial charge on any atom is 0.298 e. The molecule has 1 aromatic carbocycles. The zero-order valence-electron chi connectivity index (χ0n) is 13.5. The number of unbranched alkanes of at least 4 members (excludes halogenated alkanes) is 9. The molecule has 0 N–H and O–H groups in total. The third kappa shape index (κ3) is 8.54. The second-order valence-corrected chi connectivity index (χ2v) is 5.75. The van der Waals surface area contributed by atoms with Gasteiger partial charge in [-0.15, -0.1) is 0 Å². The van der Waals surface area contributed by atoms with E-state index >= 15 is 0 Å². The van der Waals surface area contributed by atoms with Crippen LogP contribution in [-0.4, -0.2) is 6.47 Å². The minimum absolute atomic E-state index is 0.511. The largest absolute Gasteiger partial charge is 0.428 e. The Hall–Kier alpha value is -1.31. The number of aryl methyl sites for hydroxylation is 1. The highest BCUT2D eigenvalue weighted by Gasteiger charge is 2.02. The second kappa shape index (κ2) is 12.4. The fourth-order valence-corrected chi connectivity index (χ4v) is 2.68. The summed E-state index contributed by atoms with van der Waals surface area (Å²) in [6.45, 7) is 2.77. The zero-order valence-corrected chi connectivity index (χ0v) is 13.5. The van der Waals surface area contributed by atoms with Crippen molar-refractivity contribution in [2.45, 2.75) is 77.6 Å². The third-order valence-corrected chi connectivity index (χ3v) is 3.95. The monoisotopic (exact) mass is 290 g/mol. The standard InChI is InChI=1S/C19H30O2/c1-2-3-4-5-6-7-8-9-10-11-14-18-15-12-13-16-19(18)21-17-20/h12-13,15-17H,2-11,14H2,1H3. The van der Waals surface area contributed by atoms with E-state index in [1.165, 1.54) is 64.2 Å². The van der Waals surface area contributed by atoms with Crippen molar-refractivity contribution in [2.75, 3.05) is 0 Å². The van der Waals surface area contributed by atoms with E-state index in [1.54, 1.807) is 0 Å². The van der Waals surface area contributed by atoms with Crippen molar-refractivity contribution in [3.63, 3.8) is 0 Å². The number of ether oxygens (including phenoxy) is 1. The number of hydrogen-bond acceptors (Lipinski definition) is 2. The Morgan fingerprint density at radius 3 is 2.05 bits per heavy atom. The van der Waals surface area contributed by atoms with Crippen LogP contribution in [0.4, 0.5) is 0 Å². The molecule has 1 aromatic rings. The molecule has 0 aromatic heterocycles. The molecule has 0 aliphatic rings. The molecule has 0 saturated heterocycles. The molecule has 2 heteroatoms. The fourth-order valence-electron chi connectivity index (χ4n) is 2.68.